The van der Waals surface area contributed by atoms with Crippen LogP contribution in [0.25, 0.3) is 0 Å². The number of likely N-dealkylation sites (tertiary alicyclic amines) is 1. The Morgan fingerprint density at radius 3 is 2.18 bits per heavy atom. The molecule has 3 amide bonds. The standard InChI is InChI=1S/C45H61N5O6/c1-45(2,3)49-43(54)39-26-23-31-11-7-10-14-38(31)50(39)28-35-27-40(32-19-17-30(29-51)18-20-32)56-44(55-35)33-21-24-34(25-22-33)47-41(52)15-5-4-6-16-42(53)48-37-13-9-8-12-36(37)46/h8-9,12-13,17-22,24-25,31,35,38-40,44,51H,4-7,10-11,14-16,23,26-29,46H2,1-3H3,(H,47,52)(H,48,53)(H,49,54). The summed E-state index contributed by atoms with van der Waals surface area (Å²) < 4.78 is 13.4. The molecule has 2 heterocycles. The molecule has 1 saturated carbocycles. The number of aliphatic hydroxyl groups excluding tert-OH is 1. The normalized spacial score (nSPS) is 24.1. The number of anilines is 3. The molecular formula is C45H61N5O6. The van der Waals surface area contributed by atoms with E-state index >= 15 is 0 Å². The summed E-state index contributed by atoms with van der Waals surface area (Å²) in [5.41, 5.74) is 10.1. The molecule has 0 aromatic heterocycles. The molecule has 0 radical (unpaired) electrons. The Morgan fingerprint density at radius 2 is 1.48 bits per heavy atom. The second kappa shape index (κ2) is 19.2. The highest BCUT2D eigenvalue weighted by Crippen LogP contribution is 2.42. The lowest BCUT2D eigenvalue weighted by Gasteiger charge is -2.50. The Balaban J connectivity index is 1.08. The fourth-order valence-corrected chi connectivity index (χ4v) is 8.51. The summed E-state index contributed by atoms with van der Waals surface area (Å²) in [6.07, 6.45) is 9.03. The summed E-state index contributed by atoms with van der Waals surface area (Å²) in [5.74, 6) is 0.515. The van der Waals surface area contributed by atoms with Crippen LogP contribution in [0.1, 0.15) is 127 Å². The summed E-state index contributed by atoms with van der Waals surface area (Å²) in [5, 5.41) is 18.8. The summed E-state index contributed by atoms with van der Waals surface area (Å²) in [6.45, 7) is 6.71. The molecule has 1 aliphatic carbocycles. The summed E-state index contributed by atoms with van der Waals surface area (Å²) >= 11 is 0. The van der Waals surface area contributed by atoms with Gasteiger partial charge in [-0.1, -0.05) is 67.8 Å². The first kappa shape index (κ1) is 41.3. The maximum Gasteiger partial charge on any atom is 0.237 e. The van der Waals surface area contributed by atoms with Crippen molar-refractivity contribution in [1.29, 1.82) is 0 Å². The van der Waals surface area contributed by atoms with Crippen molar-refractivity contribution in [2.24, 2.45) is 5.92 Å². The number of fused-ring (bicyclic) bond motifs is 1. The Bertz CT molecular complexity index is 1760. The number of carbonyl (C=O) groups is 3. The number of ether oxygens (including phenoxy) is 2. The number of nitrogens with zero attached hydrogens (tertiary/aromatic N) is 1. The van der Waals surface area contributed by atoms with Crippen molar-refractivity contribution in [3.8, 4) is 0 Å². The molecule has 302 valence electrons. The number of nitrogens with two attached hydrogens (primary N) is 1. The van der Waals surface area contributed by atoms with Crippen LogP contribution in [0.3, 0.4) is 0 Å². The number of carbonyl (C=O) groups excluding carboxylic acids is 3. The molecule has 6 atom stereocenters. The average Bonchev–Trinajstić information content (AvgIpc) is 3.18. The van der Waals surface area contributed by atoms with E-state index in [1.54, 1.807) is 12.1 Å². The minimum absolute atomic E-state index is 0.0250. The number of piperidine rings is 1. The van der Waals surface area contributed by atoms with Gasteiger partial charge in [-0.3, -0.25) is 19.3 Å². The van der Waals surface area contributed by atoms with E-state index in [0.717, 1.165) is 42.4 Å². The average molecular weight is 768 g/mol. The number of rotatable bonds is 14. The molecule has 11 heteroatoms. The van der Waals surface area contributed by atoms with Crippen LogP contribution in [-0.4, -0.2) is 58.0 Å². The van der Waals surface area contributed by atoms with E-state index in [1.807, 2.05) is 81.4 Å². The maximum absolute atomic E-state index is 13.8. The quantitative estimate of drug-likeness (QED) is 0.0824. The molecule has 3 aliphatic rings. The van der Waals surface area contributed by atoms with E-state index < -0.39 is 6.29 Å². The number of aliphatic hydroxyl groups is 1. The van der Waals surface area contributed by atoms with E-state index in [-0.39, 0.29) is 48.1 Å². The van der Waals surface area contributed by atoms with Crippen molar-refractivity contribution in [3.05, 3.63) is 89.5 Å². The van der Waals surface area contributed by atoms with Crippen molar-refractivity contribution >= 4 is 34.8 Å². The van der Waals surface area contributed by atoms with Gasteiger partial charge in [0.25, 0.3) is 0 Å². The molecule has 0 spiro atoms. The van der Waals surface area contributed by atoms with Crippen LogP contribution in [0.15, 0.2) is 72.8 Å². The largest absolute Gasteiger partial charge is 0.397 e. The van der Waals surface area contributed by atoms with Crippen LogP contribution in [0, 0.1) is 5.92 Å². The first-order valence-electron chi connectivity index (χ1n) is 20.6. The van der Waals surface area contributed by atoms with Gasteiger partial charge in [-0.2, -0.15) is 0 Å². The zero-order valence-corrected chi connectivity index (χ0v) is 33.3. The highest BCUT2D eigenvalue weighted by atomic mass is 16.7. The van der Waals surface area contributed by atoms with Crippen molar-refractivity contribution in [1.82, 2.24) is 10.2 Å². The maximum atomic E-state index is 13.8. The van der Waals surface area contributed by atoms with Crippen LogP contribution in [0.2, 0.25) is 0 Å². The highest BCUT2D eigenvalue weighted by Gasteiger charge is 2.44. The van der Waals surface area contributed by atoms with Crippen molar-refractivity contribution < 1.29 is 29.0 Å². The lowest BCUT2D eigenvalue weighted by molar-refractivity contribution is -0.255. The van der Waals surface area contributed by atoms with Gasteiger partial charge in [0.1, 0.15) is 0 Å². The fraction of sp³-hybridized carbons (Fsp3) is 0.533. The lowest BCUT2D eigenvalue weighted by Crippen LogP contribution is -2.61. The van der Waals surface area contributed by atoms with E-state index in [0.29, 0.717) is 67.7 Å². The summed E-state index contributed by atoms with van der Waals surface area (Å²) in [6, 6.07) is 22.8. The minimum atomic E-state index is -0.648. The lowest BCUT2D eigenvalue weighted by atomic mass is 9.75. The fourth-order valence-electron chi connectivity index (χ4n) is 8.51. The third-order valence-electron chi connectivity index (χ3n) is 11.3. The van der Waals surface area contributed by atoms with Crippen LogP contribution in [0.5, 0.6) is 0 Å². The van der Waals surface area contributed by atoms with E-state index in [4.69, 9.17) is 15.2 Å². The number of para-hydroxylation sites is 2. The van der Waals surface area contributed by atoms with Gasteiger partial charge >= 0.3 is 0 Å². The van der Waals surface area contributed by atoms with Crippen LogP contribution >= 0.6 is 0 Å². The van der Waals surface area contributed by atoms with E-state index in [1.165, 1.54) is 19.3 Å². The van der Waals surface area contributed by atoms with Crippen molar-refractivity contribution in [2.75, 3.05) is 22.9 Å². The molecule has 6 unspecified atom stereocenters. The Kier molecular flexibility index (Phi) is 14.2. The Labute approximate surface area is 332 Å². The Hall–Kier alpha value is -4.29. The zero-order chi connectivity index (χ0) is 39.7. The monoisotopic (exact) mass is 767 g/mol. The van der Waals surface area contributed by atoms with E-state index in [2.05, 4.69) is 20.9 Å². The SMILES string of the molecule is CC(C)(C)NC(=O)C1CCC2CCCCC2N1CC1CC(c2ccc(CO)cc2)OC(c2ccc(NC(=O)CCCCCC(=O)Nc3ccccc3N)cc2)O1. The third-order valence-corrected chi connectivity index (χ3v) is 11.3. The van der Waals surface area contributed by atoms with Crippen LogP contribution in [0.4, 0.5) is 17.1 Å². The van der Waals surface area contributed by atoms with Crippen LogP contribution < -0.4 is 21.7 Å². The van der Waals surface area contributed by atoms with Gasteiger partial charge in [-0.05, 0) is 101 Å². The van der Waals surface area contributed by atoms with Gasteiger partial charge in [0.15, 0.2) is 6.29 Å². The number of benzene rings is 3. The van der Waals surface area contributed by atoms with Gasteiger partial charge in [0.2, 0.25) is 17.7 Å². The second-order valence-corrected chi connectivity index (χ2v) is 16.9. The molecule has 6 rings (SSSR count). The number of hydrogen-bond acceptors (Lipinski definition) is 8. The molecular weight excluding hydrogens is 707 g/mol. The predicted octanol–water partition coefficient (Wildman–Crippen LogP) is 7.77. The number of amides is 3. The molecule has 6 N–H and O–H groups in total. The first-order chi connectivity index (χ1) is 27.0. The number of nitrogen functional groups attached to an aromatic ring is 1. The minimum Gasteiger partial charge on any atom is -0.397 e. The molecule has 2 saturated heterocycles. The molecule has 3 fully saturated rings. The van der Waals surface area contributed by atoms with Gasteiger partial charge in [-0.25, -0.2) is 0 Å². The van der Waals surface area contributed by atoms with Crippen molar-refractivity contribution in [3.63, 3.8) is 0 Å². The zero-order valence-electron chi connectivity index (χ0n) is 33.3. The Morgan fingerprint density at radius 1 is 0.804 bits per heavy atom. The van der Waals surface area contributed by atoms with Crippen LogP contribution in [-0.2, 0) is 30.5 Å². The molecule has 56 heavy (non-hydrogen) atoms. The highest BCUT2D eigenvalue weighted by molar-refractivity contribution is 5.93. The number of unbranched alkanes of at least 4 members (excludes halogenated alkanes) is 2. The topological polar surface area (TPSA) is 155 Å². The van der Waals surface area contributed by atoms with Gasteiger partial charge in [0, 0.05) is 48.6 Å². The van der Waals surface area contributed by atoms with Crippen molar-refractivity contribution in [2.45, 2.75) is 141 Å². The van der Waals surface area contributed by atoms with Gasteiger partial charge in [-0.15, -0.1) is 0 Å². The molecule has 3 aromatic rings. The molecule has 3 aromatic carbocycles. The molecule has 2 aliphatic heterocycles. The molecule has 0 bridgehead atoms. The van der Waals surface area contributed by atoms with E-state index in [9.17, 15) is 19.5 Å². The number of hydrogen-bond donors (Lipinski definition) is 5. The number of nitrogens with one attached hydrogen (secondary N) is 3. The van der Waals surface area contributed by atoms with Gasteiger partial charge in [0.05, 0.1) is 36.2 Å². The molecule has 11 nitrogen and oxygen atoms in total. The smallest absolute Gasteiger partial charge is 0.237 e. The second-order valence-electron chi connectivity index (χ2n) is 16.9. The first-order valence-corrected chi connectivity index (χ1v) is 20.6. The summed E-state index contributed by atoms with van der Waals surface area (Å²) in [7, 11) is 0. The predicted molar refractivity (Wildman–Crippen MR) is 219 cm³/mol. The van der Waals surface area contributed by atoms with Gasteiger partial charge < -0.3 is 36.3 Å². The summed E-state index contributed by atoms with van der Waals surface area (Å²) in [4.78, 5) is 41.3. The third kappa shape index (κ3) is 11.4.